The SMILES string of the molecule is CN(C)CCC(CCc1ccco1)Nc1ccc(S(=O)(=O)NC(=O)c2ccc3c(c2)cc2n3CCN(Cc3ccccc3-c3ccc(Cl)cc3)C2)cc1[N+](=O)[O-].Cl.Cl. The second kappa shape index (κ2) is 19.2. The van der Waals surface area contributed by atoms with Crippen molar-refractivity contribution in [1.29, 1.82) is 0 Å². The molecule has 306 valence electrons. The van der Waals surface area contributed by atoms with Crippen LogP contribution in [-0.2, 0) is 36.1 Å². The fourth-order valence-corrected chi connectivity index (χ4v) is 8.36. The second-order valence-electron chi connectivity index (χ2n) is 14.4. The molecule has 7 rings (SSSR count). The Bertz CT molecular complexity index is 2480. The van der Waals surface area contributed by atoms with Gasteiger partial charge in [-0.1, -0.05) is 48.0 Å². The van der Waals surface area contributed by atoms with Gasteiger partial charge in [0.25, 0.3) is 21.6 Å². The van der Waals surface area contributed by atoms with Gasteiger partial charge in [0.15, 0.2) is 0 Å². The number of aryl methyl sites for hydroxylation is 1. The number of carbonyl (C=O) groups is 1. The highest BCUT2D eigenvalue weighted by Gasteiger charge is 2.26. The smallest absolute Gasteiger partial charge is 0.293 e. The Labute approximate surface area is 355 Å². The maximum absolute atomic E-state index is 13.5. The van der Waals surface area contributed by atoms with E-state index < -0.39 is 26.5 Å². The number of carbonyl (C=O) groups excluding carboxylic acids is 1. The van der Waals surface area contributed by atoms with Crippen LogP contribution >= 0.6 is 36.4 Å². The third-order valence-electron chi connectivity index (χ3n) is 10.1. The largest absolute Gasteiger partial charge is 0.469 e. The molecule has 4 aromatic carbocycles. The molecule has 1 unspecified atom stereocenters. The van der Waals surface area contributed by atoms with Crippen LogP contribution in [0.1, 0.15) is 40.2 Å². The van der Waals surface area contributed by atoms with Crippen molar-refractivity contribution < 1.29 is 22.6 Å². The average molecular weight is 868 g/mol. The van der Waals surface area contributed by atoms with Crippen LogP contribution in [0.5, 0.6) is 0 Å². The molecule has 2 aromatic heterocycles. The maximum Gasteiger partial charge on any atom is 0.293 e. The standard InChI is InChI=1S/C42H43ClN6O6S.2ClH/c1-46(2)20-19-34(14-15-36-7-5-23-55-36)44-39-17-16-37(26-41(39)49(51)52)56(53,54)45-42(50)30-11-18-40-32(24-30)25-35-28-47(21-22-48(35)40)27-31-6-3-4-8-38(31)29-9-12-33(43)13-10-29;;/h3-13,16-18,23-26,34,44H,14-15,19-22,27-28H2,1-2H3,(H,45,50);2*1H. The Morgan fingerprint density at radius 1 is 0.948 bits per heavy atom. The summed E-state index contributed by atoms with van der Waals surface area (Å²) in [5, 5.41) is 17.0. The molecule has 0 bridgehead atoms. The molecule has 0 saturated heterocycles. The first kappa shape index (κ1) is 44.2. The molecular weight excluding hydrogens is 823 g/mol. The summed E-state index contributed by atoms with van der Waals surface area (Å²) < 4.78 is 36.7. The van der Waals surface area contributed by atoms with Crippen LogP contribution in [0, 0.1) is 10.1 Å². The highest BCUT2D eigenvalue weighted by molar-refractivity contribution is 7.90. The van der Waals surface area contributed by atoms with Gasteiger partial charge in [0.2, 0.25) is 0 Å². The number of nitro benzene ring substituents is 1. The van der Waals surface area contributed by atoms with Gasteiger partial charge in [-0.25, -0.2) is 13.1 Å². The fourth-order valence-electron chi connectivity index (χ4n) is 7.24. The molecule has 1 amide bonds. The van der Waals surface area contributed by atoms with Crippen molar-refractivity contribution in [3.05, 3.63) is 147 Å². The number of fused-ring (bicyclic) bond motifs is 3. The van der Waals surface area contributed by atoms with Crippen LogP contribution in [0.15, 0.2) is 119 Å². The van der Waals surface area contributed by atoms with Gasteiger partial charge in [0, 0.05) is 71.9 Å². The minimum atomic E-state index is -4.46. The molecule has 1 aliphatic heterocycles. The molecular formula is C42H45Cl3N6O6S. The Kier molecular flexibility index (Phi) is 14.7. The molecule has 0 radical (unpaired) electrons. The van der Waals surface area contributed by atoms with E-state index in [9.17, 15) is 23.3 Å². The normalized spacial score (nSPS) is 13.3. The van der Waals surface area contributed by atoms with Crippen LogP contribution in [0.3, 0.4) is 0 Å². The van der Waals surface area contributed by atoms with Gasteiger partial charge in [-0.15, -0.1) is 24.8 Å². The lowest BCUT2D eigenvalue weighted by molar-refractivity contribution is -0.384. The van der Waals surface area contributed by atoms with E-state index in [0.29, 0.717) is 30.8 Å². The quantitative estimate of drug-likeness (QED) is 0.0765. The van der Waals surface area contributed by atoms with E-state index in [-0.39, 0.29) is 47.0 Å². The number of amides is 1. The average Bonchev–Trinajstić information content (AvgIpc) is 3.83. The van der Waals surface area contributed by atoms with Crippen molar-refractivity contribution in [2.75, 3.05) is 32.5 Å². The van der Waals surface area contributed by atoms with E-state index >= 15 is 0 Å². The molecule has 16 heteroatoms. The summed E-state index contributed by atoms with van der Waals surface area (Å²) in [6, 6.07) is 30.5. The van der Waals surface area contributed by atoms with E-state index in [1.807, 2.05) is 79.7 Å². The van der Waals surface area contributed by atoms with Crippen LogP contribution in [0.2, 0.25) is 5.02 Å². The van der Waals surface area contributed by atoms with E-state index in [0.717, 1.165) is 65.7 Å². The van der Waals surface area contributed by atoms with Crippen LogP contribution in [-0.4, -0.2) is 66.8 Å². The number of nitro groups is 1. The Balaban J connectivity index is 0.00000320. The molecule has 0 fully saturated rings. The summed E-state index contributed by atoms with van der Waals surface area (Å²) in [5.41, 5.74) is 5.45. The van der Waals surface area contributed by atoms with E-state index in [4.69, 9.17) is 16.0 Å². The van der Waals surface area contributed by atoms with Gasteiger partial charge < -0.3 is 19.2 Å². The van der Waals surface area contributed by atoms with Gasteiger partial charge >= 0.3 is 0 Å². The molecule has 12 nitrogen and oxygen atoms in total. The van der Waals surface area contributed by atoms with Gasteiger partial charge in [-0.2, -0.15) is 0 Å². The van der Waals surface area contributed by atoms with Crippen molar-refractivity contribution in [3.63, 3.8) is 0 Å². The minimum Gasteiger partial charge on any atom is -0.469 e. The van der Waals surface area contributed by atoms with Crippen molar-refractivity contribution in [1.82, 2.24) is 19.1 Å². The number of furan rings is 1. The first-order valence-corrected chi connectivity index (χ1v) is 20.3. The molecule has 2 N–H and O–H groups in total. The highest BCUT2D eigenvalue weighted by Crippen LogP contribution is 2.32. The molecule has 0 saturated carbocycles. The van der Waals surface area contributed by atoms with Crippen molar-refractivity contribution in [3.8, 4) is 11.1 Å². The number of benzene rings is 4. The summed E-state index contributed by atoms with van der Waals surface area (Å²) in [7, 11) is -0.562. The molecule has 3 heterocycles. The number of nitrogens with zero attached hydrogens (tertiary/aromatic N) is 4. The number of hydrogen-bond donors (Lipinski definition) is 2. The Morgan fingerprint density at radius 2 is 1.72 bits per heavy atom. The fraction of sp³-hybridized carbons (Fsp3) is 0.262. The van der Waals surface area contributed by atoms with Gasteiger partial charge in [0.1, 0.15) is 11.4 Å². The van der Waals surface area contributed by atoms with Crippen LogP contribution < -0.4 is 10.0 Å². The lowest BCUT2D eigenvalue weighted by Crippen LogP contribution is -2.33. The third kappa shape index (κ3) is 10.4. The number of aromatic nitrogens is 1. The second-order valence-corrected chi connectivity index (χ2v) is 16.5. The zero-order valence-electron chi connectivity index (χ0n) is 32.0. The van der Waals surface area contributed by atoms with Crippen molar-refractivity contribution >= 4 is 74.6 Å². The summed E-state index contributed by atoms with van der Waals surface area (Å²) in [6.07, 6.45) is 3.56. The van der Waals surface area contributed by atoms with Crippen LogP contribution in [0.4, 0.5) is 11.4 Å². The Morgan fingerprint density at radius 3 is 2.45 bits per heavy atom. The summed E-state index contributed by atoms with van der Waals surface area (Å²) in [4.78, 5) is 29.0. The van der Waals surface area contributed by atoms with Gasteiger partial charge in [-0.3, -0.25) is 19.8 Å². The number of sulfonamides is 1. The van der Waals surface area contributed by atoms with Crippen LogP contribution in [0.25, 0.3) is 22.0 Å². The topological polar surface area (TPSA) is 143 Å². The molecule has 6 aromatic rings. The monoisotopic (exact) mass is 866 g/mol. The number of rotatable bonds is 15. The zero-order chi connectivity index (χ0) is 39.4. The number of hydrogen-bond acceptors (Lipinski definition) is 9. The third-order valence-corrected chi connectivity index (χ3v) is 11.7. The predicted molar refractivity (Wildman–Crippen MR) is 233 cm³/mol. The molecule has 1 atom stereocenters. The molecule has 58 heavy (non-hydrogen) atoms. The summed E-state index contributed by atoms with van der Waals surface area (Å²) >= 11 is 6.14. The lowest BCUT2D eigenvalue weighted by atomic mass is 9.99. The van der Waals surface area contributed by atoms with E-state index in [1.165, 1.54) is 17.7 Å². The molecule has 1 aliphatic rings. The zero-order valence-corrected chi connectivity index (χ0v) is 35.2. The highest BCUT2D eigenvalue weighted by atomic mass is 35.5. The summed E-state index contributed by atoms with van der Waals surface area (Å²) in [5.74, 6) is -0.0255. The van der Waals surface area contributed by atoms with Gasteiger partial charge in [-0.05, 0) is 111 Å². The van der Waals surface area contributed by atoms with E-state index in [2.05, 4.69) is 31.6 Å². The van der Waals surface area contributed by atoms with Crippen molar-refractivity contribution in [2.45, 2.75) is 49.8 Å². The predicted octanol–water partition coefficient (Wildman–Crippen LogP) is 8.81. The number of halogens is 3. The Hall–Kier alpha value is -4.89. The van der Waals surface area contributed by atoms with Crippen molar-refractivity contribution in [2.24, 2.45) is 0 Å². The van der Waals surface area contributed by atoms with E-state index in [1.54, 1.807) is 18.4 Å². The van der Waals surface area contributed by atoms with Gasteiger partial charge in [0.05, 0.1) is 16.1 Å². The maximum atomic E-state index is 13.5. The molecule has 0 spiro atoms. The first-order valence-electron chi connectivity index (χ1n) is 18.4. The lowest BCUT2D eigenvalue weighted by Gasteiger charge is -2.29. The minimum absolute atomic E-state index is 0. The summed E-state index contributed by atoms with van der Waals surface area (Å²) in [6.45, 7) is 3.77. The number of nitrogens with one attached hydrogen (secondary N) is 2. The first-order chi connectivity index (χ1) is 26.9. The molecule has 0 aliphatic carbocycles. The number of anilines is 1.